The molecule has 0 spiro atoms. The summed E-state index contributed by atoms with van der Waals surface area (Å²) in [5, 5.41) is 14.4. The van der Waals surface area contributed by atoms with E-state index in [0.29, 0.717) is 16.8 Å². The van der Waals surface area contributed by atoms with E-state index in [1.165, 1.54) is 43.5 Å². The molecular formula is C17H15FN2O5S. The van der Waals surface area contributed by atoms with Crippen LogP contribution in [0.2, 0.25) is 0 Å². The number of methoxy groups -OCH3 is 1. The van der Waals surface area contributed by atoms with E-state index in [4.69, 9.17) is 14.3 Å². The normalized spacial score (nSPS) is 11.5. The molecule has 0 saturated heterocycles. The van der Waals surface area contributed by atoms with Gasteiger partial charge in [-0.3, -0.25) is 0 Å². The molecule has 0 saturated carbocycles. The maximum atomic E-state index is 14.0. The van der Waals surface area contributed by atoms with Gasteiger partial charge in [-0.05, 0) is 42.5 Å². The first-order valence-corrected chi connectivity index (χ1v) is 8.96. The van der Waals surface area contributed by atoms with Crippen molar-refractivity contribution >= 4 is 10.0 Å². The Labute approximate surface area is 148 Å². The number of nitrogens with two attached hydrogens (primary N) is 1. The molecule has 136 valence electrons. The summed E-state index contributed by atoms with van der Waals surface area (Å²) in [5.41, 5.74) is 1.21. The average molecular weight is 378 g/mol. The van der Waals surface area contributed by atoms with Crippen molar-refractivity contribution in [1.82, 2.24) is 4.98 Å². The van der Waals surface area contributed by atoms with Crippen LogP contribution in [0.25, 0.3) is 22.6 Å². The van der Waals surface area contributed by atoms with E-state index in [1.54, 1.807) is 6.07 Å². The lowest BCUT2D eigenvalue weighted by Gasteiger charge is -2.05. The summed E-state index contributed by atoms with van der Waals surface area (Å²) in [7, 11) is -2.47. The number of ether oxygens (including phenoxy) is 1. The van der Waals surface area contributed by atoms with Crippen LogP contribution in [0.3, 0.4) is 0 Å². The second-order valence-electron chi connectivity index (χ2n) is 5.36. The van der Waals surface area contributed by atoms with Crippen molar-refractivity contribution in [3.8, 4) is 28.3 Å². The number of primary sulfonamides is 1. The first-order chi connectivity index (χ1) is 12.3. The molecule has 3 rings (SSSR count). The van der Waals surface area contributed by atoms with Crippen LogP contribution in [0.1, 0.15) is 5.89 Å². The molecule has 1 heterocycles. The van der Waals surface area contributed by atoms with E-state index in [-0.39, 0.29) is 22.3 Å². The quantitative estimate of drug-likeness (QED) is 0.704. The van der Waals surface area contributed by atoms with Crippen LogP contribution in [0.4, 0.5) is 4.39 Å². The minimum absolute atomic E-state index is 0.0433. The molecule has 0 radical (unpaired) electrons. The molecule has 3 aromatic rings. The van der Waals surface area contributed by atoms with Crippen LogP contribution >= 0.6 is 0 Å². The molecule has 0 aliphatic carbocycles. The third-order valence-electron chi connectivity index (χ3n) is 3.68. The predicted molar refractivity (Wildman–Crippen MR) is 91.2 cm³/mol. The van der Waals surface area contributed by atoms with Crippen LogP contribution in [-0.2, 0) is 16.6 Å². The van der Waals surface area contributed by atoms with Gasteiger partial charge in [-0.2, -0.15) is 0 Å². The third-order valence-corrected chi connectivity index (χ3v) is 4.61. The fraction of sp³-hybridized carbons (Fsp3) is 0.118. The molecule has 1 aromatic heterocycles. The molecule has 26 heavy (non-hydrogen) atoms. The van der Waals surface area contributed by atoms with Gasteiger partial charge in [0, 0.05) is 11.1 Å². The molecule has 7 nitrogen and oxygen atoms in total. The van der Waals surface area contributed by atoms with Crippen molar-refractivity contribution < 1.29 is 27.1 Å². The van der Waals surface area contributed by atoms with E-state index in [2.05, 4.69) is 4.98 Å². The van der Waals surface area contributed by atoms with E-state index in [1.807, 2.05) is 0 Å². The number of aliphatic hydroxyl groups is 1. The fourth-order valence-electron chi connectivity index (χ4n) is 2.43. The summed E-state index contributed by atoms with van der Waals surface area (Å²) in [6.07, 6.45) is 0. The van der Waals surface area contributed by atoms with Crippen LogP contribution in [0.15, 0.2) is 51.8 Å². The highest BCUT2D eigenvalue weighted by molar-refractivity contribution is 7.89. The Kier molecular flexibility index (Phi) is 4.77. The van der Waals surface area contributed by atoms with E-state index in [9.17, 15) is 17.9 Å². The lowest BCUT2D eigenvalue weighted by Crippen LogP contribution is -2.11. The monoisotopic (exact) mass is 378 g/mol. The topological polar surface area (TPSA) is 116 Å². The summed E-state index contributed by atoms with van der Waals surface area (Å²) in [5.74, 6) is -0.186. The average Bonchev–Trinajstić information content (AvgIpc) is 3.05. The number of hydrogen-bond donors (Lipinski definition) is 2. The molecule has 0 aliphatic rings. The third kappa shape index (κ3) is 3.45. The van der Waals surface area contributed by atoms with E-state index >= 15 is 0 Å². The number of benzene rings is 2. The van der Waals surface area contributed by atoms with Gasteiger partial charge in [-0.25, -0.2) is 22.9 Å². The zero-order valence-corrected chi connectivity index (χ0v) is 14.5. The Morgan fingerprint density at radius 3 is 2.38 bits per heavy atom. The van der Waals surface area contributed by atoms with Crippen molar-refractivity contribution in [2.24, 2.45) is 5.14 Å². The molecule has 2 aromatic carbocycles. The number of aliphatic hydroxyl groups excluding tert-OH is 1. The minimum atomic E-state index is -3.83. The standard InChI is InChI=1S/C17H15FN2O5S/c1-24-14-7-4-11(8-13(14)18)16-17(25-15(9-21)20-16)10-2-5-12(6-3-10)26(19,22)23/h2-8,21H,9H2,1H3,(H2,19,22,23). The van der Waals surface area contributed by atoms with Crippen LogP contribution in [-0.4, -0.2) is 25.6 Å². The van der Waals surface area contributed by atoms with Crippen LogP contribution in [0.5, 0.6) is 5.75 Å². The maximum absolute atomic E-state index is 14.0. The van der Waals surface area contributed by atoms with Crippen LogP contribution in [0, 0.1) is 5.82 Å². The summed E-state index contributed by atoms with van der Waals surface area (Å²) in [4.78, 5) is 4.12. The fourth-order valence-corrected chi connectivity index (χ4v) is 2.95. The second kappa shape index (κ2) is 6.87. The van der Waals surface area contributed by atoms with Gasteiger partial charge in [0.05, 0.1) is 12.0 Å². The Balaban J connectivity index is 2.11. The molecule has 9 heteroatoms. The molecule has 0 bridgehead atoms. The number of aromatic nitrogens is 1. The molecule has 0 atom stereocenters. The highest BCUT2D eigenvalue weighted by atomic mass is 32.2. The first kappa shape index (κ1) is 18.1. The largest absolute Gasteiger partial charge is 0.494 e. The molecule has 0 fully saturated rings. The van der Waals surface area contributed by atoms with Crippen molar-refractivity contribution in [3.63, 3.8) is 0 Å². The van der Waals surface area contributed by atoms with E-state index in [0.717, 1.165) is 0 Å². The van der Waals surface area contributed by atoms with Gasteiger partial charge in [0.25, 0.3) is 0 Å². The highest BCUT2D eigenvalue weighted by Gasteiger charge is 2.19. The number of oxazole rings is 1. The Bertz CT molecular complexity index is 1050. The summed E-state index contributed by atoms with van der Waals surface area (Å²) in [6.45, 7) is -0.444. The van der Waals surface area contributed by atoms with Gasteiger partial charge < -0.3 is 14.3 Å². The maximum Gasteiger partial charge on any atom is 0.238 e. The van der Waals surface area contributed by atoms with Crippen molar-refractivity contribution in [2.45, 2.75) is 11.5 Å². The number of sulfonamides is 1. The van der Waals surface area contributed by atoms with Gasteiger partial charge in [0.1, 0.15) is 12.3 Å². The van der Waals surface area contributed by atoms with Gasteiger partial charge >= 0.3 is 0 Å². The van der Waals surface area contributed by atoms with Gasteiger partial charge in [0.15, 0.2) is 17.3 Å². The summed E-state index contributed by atoms with van der Waals surface area (Å²) < 4.78 is 47.2. The number of hydrogen-bond acceptors (Lipinski definition) is 6. The zero-order chi connectivity index (χ0) is 18.9. The number of rotatable bonds is 5. The van der Waals surface area contributed by atoms with Crippen molar-refractivity contribution in [1.29, 1.82) is 0 Å². The van der Waals surface area contributed by atoms with Gasteiger partial charge in [-0.15, -0.1) is 0 Å². The number of nitrogens with zero attached hydrogens (tertiary/aromatic N) is 1. The minimum Gasteiger partial charge on any atom is -0.494 e. The summed E-state index contributed by atoms with van der Waals surface area (Å²) >= 11 is 0. The number of halogens is 1. The Hall–Kier alpha value is -2.75. The highest BCUT2D eigenvalue weighted by Crippen LogP contribution is 2.34. The Morgan fingerprint density at radius 2 is 1.85 bits per heavy atom. The lowest BCUT2D eigenvalue weighted by atomic mass is 10.1. The van der Waals surface area contributed by atoms with Crippen LogP contribution < -0.4 is 9.88 Å². The van der Waals surface area contributed by atoms with Gasteiger partial charge in [-0.1, -0.05) is 0 Å². The predicted octanol–water partition coefficient (Wildman–Crippen LogP) is 2.30. The van der Waals surface area contributed by atoms with Gasteiger partial charge in [0.2, 0.25) is 15.9 Å². The first-order valence-electron chi connectivity index (χ1n) is 7.41. The zero-order valence-electron chi connectivity index (χ0n) is 13.6. The van der Waals surface area contributed by atoms with E-state index < -0.39 is 22.4 Å². The van der Waals surface area contributed by atoms with Crippen molar-refractivity contribution in [2.75, 3.05) is 7.11 Å². The summed E-state index contributed by atoms with van der Waals surface area (Å²) in [6, 6.07) is 9.92. The molecule has 0 unspecified atom stereocenters. The SMILES string of the molecule is COc1ccc(-c2nc(CO)oc2-c2ccc(S(N)(=O)=O)cc2)cc1F. The smallest absolute Gasteiger partial charge is 0.238 e. The molecule has 3 N–H and O–H groups in total. The molecular weight excluding hydrogens is 363 g/mol. The molecule has 0 amide bonds. The Morgan fingerprint density at radius 1 is 1.19 bits per heavy atom. The molecule has 0 aliphatic heterocycles. The second-order valence-corrected chi connectivity index (χ2v) is 6.92. The lowest BCUT2D eigenvalue weighted by molar-refractivity contribution is 0.241. The van der Waals surface area contributed by atoms with Crippen molar-refractivity contribution in [3.05, 3.63) is 54.2 Å².